The molecule has 0 bridgehead atoms. The molecule has 1 aromatic carbocycles. The van der Waals surface area contributed by atoms with Crippen molar-refractivity contribution in [3.63, 3.8) is 0 Å². The fourth-order valence-corrected chi connectivity index (χ4v) is 2.76. The van der Waals surface area contributed by atoms with E-state index in [2.05, 4.69) is 5.32 Å². The van der Waals surface area contributed by atoms with Gasteiger partial charge >= 0.3 is 5.97 Å². The maximum atomic E-state index is 11.5. The maximum absolute atomic E-state index is 11.5. The van der Waals surface area contributed by atoms with Crippen molar-refractivity contribution in [1.29, 1.82) is 0 Å². The van der Waals surface area contributed by atoms with Gasteiger partial charge in [-0.25, -0.2) is 0 Å². The van der Waals surface area contributed by atoms with Crippen LogP contribution in [0.25, 0.3) is 11.3 Å². The topological polar surface area (TPSA) is 106 Å². The highest BCUT2D eigenvalue weighted by Gasteiger charge is 2.34. The molecule has 0 aliphatic carbocycles. The number of aliphatic carboxylic acids is 1. The van der Waals surface area contributed by atoms with Gasteiger partial charge in [-0.3, -0.25) is 14.9 Å². The third-order valence-corrected chi connectivity index (χ3v) is 4.60. The minimum atomic E-state index is -0.815. The number of para-hydroxylation sites is 1. The summed E-state index contributed by atoms with van der Waals surface area (Å²) < 4.78 is 5.69. The average Bonchev–Trinajstić information content (AvgIpc) is 3.07. The quantitative estimate of drug-likeness (QED) is 0.528. The Morgan fingerprint density at radius 1 is 1.24 bits per heavy atom. The van der Waals surface area contributed by atoms with Gasteiger partial charge in [-0.15, -0.1) is 0 Å². The summed E-state index contributed by atoms with van der Waals surface area (Å²) in [6.45, 7) is 4.41. The first-order valence-electron chi connectivity index (χ1n) is 8.20. The van der Waals surface area contributed by atoms with E-state index in [9.17, 15) is 20.0 Å². The van der Waals surface area contributed by atoms with Gasteiger partial charge in [0.25, 0.3) is 5.69 Å². The van der Waals surface area contributed by atoms with Crippen molar-refractivity contribution in [2.75, 3.05) is 6.54 Å². The summed E-state index contributed by atoms with van der Waals surface area (Å²) in [7, 11) is 0. The lowest BCUT2D eigenvalue weighted by atomic mass is 9.82. The normalized spacial score (nSPS) is 11.4. The predicted octanol–water partition coefficient (Wildman–Crippen LogP) is 3.84. The van der Waals surface area contributed by atoms with Crippen LogP contribution in [0.5, 0.6) is 0 Å². The molecule has 0 saturated heterocycles. The third kappa shape index (κ3) is 4.06. The van der Waals surface area contributed by atoms with Gasteiger partial charge in [-0.2, -0.15) is 0 Å². The molecule has 0 radical (unpaired) electrons. The fourth-order valence-electron chi connectivity index (χ4n) is 2.76. The Kier molecular flexibility index (Phi) is 5.93. The maximum Gasteiger partial charge on any atom is 0.310 e. The van der Waals surface area contributed by atoms with Crippen LogP contribution in [0, 0.1) is 15.5 Å². The molecule has 0 fully saturated rings. The molecule has 0 aliphatic rings. The van der Waals surface area contributed by atoms with Gasteiger partial charge in [0.15, 0.2) is 0 Å². The Morgan fingerprint density at radius 2 is 1.92 bits per heavy atom. The molecule has 0 spiro atoms. The molecular weight excluding hydrogens is 324 g/mol. The Balaban J connectivity index is 2.08. The molecule has 1 aromatic heterocycles. The van der Waals surface area contributed by atoms with E-state index < -0.39 is 16.3 Å². The van der Waals surface area contributed by atoms with Crippen LogP contribution < -0.4 is 5.32 Å². The van der Waals surface area contributed by atoms with Gasteiger partial charge in [0.2, 0.25) is 0 Å². The van der Waals surface area contributed by atoms with Crippen molar-refractivity contribution >= 4 is 11.7 Å². The Morgan fingerprint density at radius 3 is 2.52 bits per heavy atom. The zero-order valence-corrected chi connectivity index (χ0v) is 14.3. The standard InChI is InChI=1S/C18H22N2O5/c1-3-18(4-2,17(21)22)12-19-11-13-9-10-16(25-13)14-7-5-6-8-15(14)20(23)24/h5-10,19H,3-4,11-12H2,1-2H3,(H,21,22). The van der Waals surface area contributed by atoms with Crippen molar-refractivity contribution in [3.05, 3.63) is 52.3 Å². The summed E-state index contributed by atoms with van der Waals surface area (Å²) in [6, 6.07) is 9.81. The number of rotatable bonds is 9. The molecule has 7 heteroatoms. The number of nitro benzene ring substituents is 1. The molecule has 25 heavy (non-hydrogen) atoms. The molecular formula is C18H22N2O5. The Bertz CT molecular complexity index is 749. The highest BCUT2D eigenvalue weighted by molar-refractivity contribution is 5.74. The van der Waals surface area contributed by atoms with E-state index in [0.717, 1.165) is 0 Å². The first kappa shape index (κ1) is 18.7. The highest BCUT2D eigenvalue weighted by Crippen LogP contribution is 2.31. The lowest BCUT2D eigenvalue weighted by Crippen LogP contribution is -2.39. The smallest absolute Gasteiger partial charge is 0.310 e. The Labute approximate surface area is 145 Å². The fraction of sp³-hybridized carbons (Fsp3) is 0.389. The number of hydrogen-bond acceptors (Lipinski definition) is 5. The summed E-state index contributed by atoms with van der Waals surface area (Å²) in [6.07, 6.45) is 1.07. The molecule has 2 rings (SSSR count). The molecule has 0 saturated carbocycles. The molecule has 0 amide bonds. The summed E-state index contributed by atoms with van der Waals surface area (Å²) in [5.74, 6) is 0.198. The summed E-state index contributed by atoms with van der Waals surface area (Å²) in [5, 5.41) is 23.7. The van der Waals surface area contributed by atoms with Crippen LogP contribution in [0.4, 0.5) is 5.69 Å². The monoisotopic (exact) mass is 346 g/mol. The van der Waals surface area contributed by atoms with Crippen LogP contribution in [0.15, 0.2) is 40.8 Å². The van der Waals surface area contributed by atoms with Crippen molar-refractivity contribution in [1.82, 2.24) is 5.32 Å². The number of hydrogen-bond donors (Lipinski definition) is 2. The number of benzene rings is 1. The summed E-state index contributed by atoms with van der Waals surface area (Å²) in [5.41, 5.74) is -0.396. The van der Waals surface area contributed by atoms with E-state index in [0.29, 0.717) is 43.0 Å². The van der Waals surface area contributed by atoms with Crippen LogP contribution in [0.3, 0.4) is 0 Å². The Hall–Kier alpha value is -2.67. The summed E-state index contributed by atoms with van der Waals surface area (Å²) >= 11 is 0. The number of carbonyl (C=O) groups is 1. The second kappa shape index (κ2) is 7.94. The lowest BCUT2D eigenvalue weighted by Gasteiger charge is -2.26. The second-order valence-electron chi connectivity index (χ2n) is 5.94. The summed E-state index contributed by atoms with van der Waals surface area (Å²) in [4.78, 5) is 22.2. The van der Waals surface area contributed by atoms with Crippen LogP contribution in [-0.2, 0) is 11.3 Å². The molecule has 1 heterocycles. The van der Waals surface area contributed by atoms with Gasteiger partial charge in [0, 0.05) is 12.6 Å². The minimum absolute atomic E-state index is 0.0155. The predicted molar refractivity (Wildman–Crippen MR) is 93.2 cm³/mol. The molecule has 2 aromatic rings. The number of nitro groups is 1. The van der Waals surface area contributed by atoms with E-state index >= 15 is 0 Å². The van der Waals surface area contributed by atoms with Crippen LogP contribution in [0.1, 0.15) is 32.4 Å². The van der Waals surface area contributed by atoms with Gasteiger partial charge in [-0.1, -0.05) is 26.0 Å². The van der Waals surface area contributed by atoms with Crippen molar-refractivity contribution in [2.45, 2.75) is 33.2 Å². The second-order valence-corrected chi connectivity index (χ2v) is 5.94. The van der Waals surface area contributed by atoms with E-state index in [1.54, 1.807) is 30.3 Å². The van der Waals surface area contributed by atoms with Gasteiger partial charge in [0.05, 0.1) is 22.4 Å². The minimum Gasteiger partial charge on any atom is -0.481 e. The van der Waals surface area contributed by atoms with E-state index in [1.165, 1.54) is 6.07 Å². The largest absolute Gasteiger partial charge is 0.481 e. The zero-order valence-electron chi connectivity index (χ0n) is 14.3. The number of carboxylic acids is 1. The van der Waals surface area contributed by atoms with Crippen LogP contribution in [-0.4, -0.2) is 22.5 Å². The number of nitrogens with zero attached hydrogens (tertiary/aromatic N) is 1. The van der Waals surface area contributed by atoms with Crippen LogP contribution in [0.2, 0.25) is 0 Å². The van der Waals surface area contributed by atoms with Crippen molar-refractivity contribution in [2.24, 2.45) is 5.41 Å². The zero-order chi connectivity index (χ0) is 18.4. The third-order valence-electron chi connectivity index (χ3n) is 4.60. The number of nitrogens with one attached hydrogen (secondary N) is 1. The van der Waals surface area contributed by atoms with Gasteiger partial charge in [-0.05, 0) is 31.0 Å². The van der Waals surface area contributed by atoms with Crippen molar-refractivity contribution in [3.8, 4) is 11.3 Å². The molecule has 7 nitrogen and oxygen atoms in total. The molecule has 134 valence electrons. The van der Waals surface area contributed by atoms with Gasteiger partial charge in [0.1, 0.15) is 11.5 Å². The molecule has 0 aliphatic heterocycles. The first-order valence-corrected chi connectivity index (χ1v) is 8.20. The molecule has 0 unspecified atom stereocenters. The van der Waals surface area contributed by atoms with E-state index in [-0.39, 0.29) is 5.69 Å². The highest BCUT2D eigenvalue weighted by atomic mass is 16.6. The van der Waals surface area contributed by atoms with Crippen LogP contribution >= 0.6 is 0 Å². The molecule has 0 atom stereocenters. The number of furan rings is 1. The van der Waals surface area contributed by atoms with Gasteiger partial charge < -0.3 is 14.8 Å². The number of carboxylic acid groups (broad SMARTS) is 1. The van der Waals surface area contributed by atoms with E-state index in [4.69, 9.17) is 4.42 Å². The van der Waals surface area contributed by atoms with E-state index in [1.807, 2.05) is 13.8 Å². The first-order chi connectivity index (χ1) is 11.9. The lowest BCUT2D eigenvalue weighted by molar-refractivity contribution is -0.384. The SMILES string of the molecule is CCC(CC)(CNCc1ccc(-c2ccccc2[N+](=O)[O-])o1)C(=O)O. The van der Waals surface area contributed by atoms with Crippen molar-refractivity contribution < 1.29 is 19.2 Å². The average molecular weight is 346 g/mol. The molecule has 2 N–H and O–H groups in total.